The third-order valence-corrected chi connectivity index (χ3v) is 3.61. The predicted molar refractivity (Wildman–Crippen MR) is 80.3 cm³/mol. The fourth-order valence-corrected chi connectivity index (χ4v) is 2.22. The number of hydrogen-bond donors (Lipinski definition) is 1. The van der Waals surface area contributed by atoms with Crippen LogP contribution in [0.4, 0.5) is 11.4 Å². The highest BCUT2D eigenvalue weighted by Gasteiger charge is 2.14. The van der Waals surface area contributed by atoms with Gasteiger partial charge in [-0.05, 0) is 19.2 Å². The summed E-state index contributed by atoms with van der Waals surface area (Å²) in [6, 6.07) is 5.87. The summed E-state index contributed by atoms with van der Waals surface area (Å²) in [4.78, 5) is 26.5. The number of hydrogen-bond acceptors (Lipinski definition) is 5. The van der Waals surface area contributed by atoms with Crippen molar-refractivity contribution in [2.75, 3.05) is 45.1 Å². The minimum atomic E-state index is -0.459. The summed E-state index contributed by atoms with van der Waals surface area (Å²) >= 11 is 0. The highest BCUT2D eigenvalue weighted by atomic mass is 16.6. The summed E-state index contributed by atoms with van der Waals surface area (Å²) < 4.78 is 0. The molecule has 0 unspecified atom stereocenters. The Morgan fingerprint density at radius 2 is 1.86 bits per heavy atom. The number of amides is 1. The van der Waals surface area contributed by atoms with Crippen molar-refractivity contribution in [2.45, 2.75) is 6.42 Å². The minimum absolute atomic E-state index is 0.0189. The first-order valence-corrected chi connectivity index (χ1v) is 7.00. The van der Waals surface area contributed by atoms with E-state index in [0.717, 1.165) is 32.7 Å². The first-order chi connectivity index (χ1) is 10.0. The van der Waals surface area contributed by atoms with Gasteiger partial charge in [-0.2, -0.15) is 0 Å². The molecule has 114 valence electrons. The first-order valence-electron chi connectivity index (χ1n) is 7.00. The molecule has 0 aromatic heterocycles. The number of non-ortho nitro benzene ring substituents is 1. The van der Waals surface area contributed by atoms with Crippen molar-refractivity contribution < 1.29 is 9.72 Å². The number of nitrogens with zero attached hydrogens (tertiary/aromatic N) is 3. The summed E-state index contributed by atoms with van der Waals surface area (Å²) in [6.07, 6.45) is 0.431. The van der Waals surface area contributed by atoms with Crippen molar-refractivity contribution in [1.29, 1.82) is 0 Å². The van der Waals surface area contributed by atoms with Gasteiger partial charge in [-0.3, -0.25) is 14.9 Å². The quantitative estimate of drug-likeness (QED) is 0.651. The molecule has 7 nitrogen and oxygen atoms in total. The number of nitrogens with one attached hydrogen (secondary N) is 1. The zero-order valence-electron chi connectivity index (χ0n) is 12.1. The molecule has 0 atom stereocenters. The molecule has 1 N–H and O–H groups in total. The molecule has 1 fully saturated rings. The van der Waals surface area contributed by atoms with Crippen LogP contribution < -0.4 is 5.32 Å². The van der Waals surface area contributed by atoms with E-state index in [1.807, 2.05) is 0 Å². The monoisotopic (exact) mass is 292 g/mol. The zero-order chi connectivity index (χ0) is 15.2. The maximum absolute atomic E-state index is 11.9. The lowest BCUT2D eigenvalue weighted by atomic mass is 10.2. The highest BCUT2D eigenvalue weighted by Crippen LogP contribution is 2.15. The van der Waals surface area contributed by atoms with Crippen molar-refractivity contribution >= 4 is 17.3 Å². The van der Waals surface area contributed by atoms with Gasteiger partial charge in [0.15, 0.2) is 0 Å². The Morgan fingerprint density at radius 1 is 1.24 bits per heavy atom. The average Bonchev–Trinajstić information content (AvgIpc) is 2.47. The highest BCUT2D eigenvalue weighted by molar-refractivity contribution is 5.90. The fourth-order valence-electron chi connectivity index (χ4n) is 2.22. The number of piperazine rings is 1. The molecule has 1 amide bonds. The van der Waals surface area contributed by atoms with Gasteiger partial charge in [-0.25, -0.2) is 0 Å². The Kier molecular flexibility index (Phi) is 5.24. The molecule has 1 aliphatic heterocycles. The summed E-state index contributed by atoms with van der Waals surface area (Å²) in [6.45, 7) is 4.78. The Balaban J connectivity index is 1.75. The number of carbonyl (C=O) groups excluding carboxylic acids is 1. The van der Waals surface area contributed by atoms with Crippen LogP contribution in [0, 0.1) is 10.1 Å². The summed E-state index contributed by atoms with van der Waals surface area (Å²) in [5.74, 6) is -0.0669. The zero-order valence-corrected chi connectivity index (χ0v) is 12.1. The molecular weight excluding hydrogens is 272 g/mol. The molecule has 1 aromatic carbocycles. The third-order valence-electron chi connectivity index (χ3n) is 3.61. The number of anilines is 1. The minimum Gasteiger partial charge on any atom is -0.326 e. The average molecular weight is 292 g/mol. The van der Waals surface area contributed by atoms with Crippen molar-refractivity contribution in [2.24, 2.45) is 0 Å². The van der Waals surface area contributed by atoms with Gasteiger partial charge >= 0.3 is 0 Å². The standard InChI is InChI=1S/C14H20N4O3/c1-16-8-10-17(11-9-16)7-6-14(19)15-12-2-4-13(5-3-12)18(20)21/h2-5H,6-11H2,1H3,(H,15,19). The molecular formula is C14H20N4O3. The second kappa shape index (κ2) is 7.14. The normalized spacial score (nSPS) is 16.6. The lowest BCUT2D eigenvalue weighted by molar-refractivity contribution is -0.384. The van der Waals surface area contributed by atoms with Crippen molar-refractivity contribution in [3.05, 3.63) is 34.4 Å². The fraction of sp³-hybridized carbons (Fsp3) is 0.500. The smallest absolute Gasteiger partial charge is 0.269 e. The van der Waals surface area contributed by atoms with Gasteiger partial charge in [0.25, 0.3) is 5.69 Å². The molecule has 7 heteroatoms. The summed E-state index contributed by atoms with van der Waals surface area (Å²) in [5.41, 5.74) is 0.606. The van der Waals surface area contributed by atoms with Gasteiger partial charge in [0.2, 0.25) is 5.91 Å². The van der Waals surface area contributed by atoms with Crippen LogP contribution in [0.2, 0.25) is 0 Å². The second-order valence-corrected chi connectivity index (χ2v) is 5.25. The maximum Gasteiger partial charge on any atom is 0.269 e. The first kappa shape index (κ1) is 15.4. The molecule has 1 saturated heterocycles. The van der Waals surface area contributed by atoms with Crippen LogP contribution in [0.3, 0.4) is 0 Å². The molecule has 0 bridgehead atoms. The molecule has 21 heavy (non-hydrogen) atoms. The van der Waals surface area contributed by atoms with Crippen molar-refractivity contribution in [3.63, 3.8) is 0 Å². The molecule has 0 aliphatic carbocycles. The van der Waals surface area contributed by atoms with E-state index < -0.39 is 4.92 Å². The van der Waals surface area contributed by atoms with Crippen molar-refractivity contribution in [3.8, 4) is 0 Å². The maximum atomic E-state index is 11.9. The second-order valence-electron chi connectivity index (χ2n) is 5.25. The summed E-state index contributed by atoms with van der Waals surface area (Å²) in [5, 5.41) is 13.3. The number of carbonyl (C=O) groups is 1. The molecule has 1 aliphatic rings. The van der Waals surface area contributed by atoms with Crippen LogP contribution in [0.15, 0.2) is 24.3 Å². The van der Waals surface area contributed by atoms with Gasteiger partial charge in [-0.1, -0.05) is 0 Å². The van der Waals surface area contributed by atoms with Gasteiger partial charge in [0.1, 0.15) is 0 Å². The van der Waals surface area contributed by atoms with Crippen LogP contribution in [0.5, 0.6) is 0 Å². The lowest BCUT2D eigenvalue weighted by Gasteiger charge is -2.32. The largest absolute Gasteiger partial charge is 0.326 e. The van der Waals surface area contributed by atoms with E-state index in [4.69, 9.17) is 0 Å². The number of nitro benzene ring substituents is 1. The number of benzene rings is 1. The molecule has 0 saturated carbocycles. The van der Waals surface area contributed by atoms with E-state index in [1.165, 1.54) is 12.1 Å². The van der Waals surface area contributed by atoms with Gasteiger partial charge in [-0.15, -0.1) is 0 Å². The van der Waals surface area contributed by atoms with E-state index in [9.17, 15) is 14.9 Å². The van der Waals surface area contributed by atoms with Crippen molar-refractivity contribution in [1.82, 2.24) is 9.80 Å². The SMILES string of the molecule is CN1CCN(CCC(=O)Nc2ccc([N+](=O)[O-])cc2)CC1. The van der Waals surface area contributed by atoms with E-state index in [0.29, 0.717) is 12.1 Å². The Morgan fingerprint density at radius 3 is 2.43 bits per heavy atom. The van der Waals surface area contributed by atoms with Gasteiger partial charge < -0.3 is 15.1 Å². The number of rotatable bonds is 5. The molecule has 1 heterocycles. The summed E-state index contributed by atoms with van der Waals surface area (Å²) in [7, 11) is 2.10. The molecule has 2 rings (SSSR count). The number of likely N-dealkylation sites (N-methyl/N-ethyl adjacent to an activating group) is 1. The van der Waals surface area contributed by atoms with Gasteiger partial charge in [0, 0.05) is 57.0 Å². The predicted octanol–water partition coefficient (Wildman–Crippen LogP) is 1.17. The van der Waals surface area contributed by atoms with E-state index in [1.54, 1.807) is 12.1 Å². The van der Waals surface area contributed by atoms with Crippen LogP contribution in [-0.4, -0.2) is 60.4 Å². The topological polar surface area (TPSA) is 78.7 Å². The Labute approximate surface area is 123 Å². The molecule has 0 radical (unpaired) electrons. The van der Waals surface area contributed by atoms with E-state index in [-0.39, 0.29) is 11.6 Å². The van der Waals surface area contributed by atoms with Crippen LogP contribution in [-0.2, 0) is 4.79 Å². The van der Waals surface area contributed by atoms with Crippen LogP contribution >= 0.6 is 0 Å². The molecule has 0 spiro atoms. The van der Waals surface area contributed by atoms with Gasteiger partial charge in [0.05, 0.1) is 4.92 Å². The van der Waals surface area contributed by atoms with E-state index in [2.05, 4.69) is 22.2 Å². The number of nitro groups is 1. The van der Waals surface area contributed by atoms with Crippen LogP contribution in [0.25, 0.3) is 0 Å². The lowest BCUT2D eigenvalue weighted by Crippen LogP contribution is -2.45. The third kappa shape index (κ3) is 4.80. The van der Waals surface area contributed by atoms with E-state index >= 15 is 0 Å². The Hall–Kier alpha value is -1.99. The van der Waals surface area contributed by atoms with Crippen LogP contribution in [0.1, 0.15) is 6.42 Å². The Bertz CT molecular complexity index is 495. The molecule has 1 aromatic rings.